The Bertz CT molecular complexity index is 605. The van der Waals surface area contributed by atoms with Crippen molar-refractivity contribution < 1.29 is 9.53 Å². The minimum atomic E-state index is -0.244. The summed E-state index contributed by atoms with van der Waals surface area (Å²) in [6, 6.07) is 0. The van der Waals surface area contributed by atoms with Crippen LogP contribution in [0.15, 0.2) is 0 Å². The molecule has 2 rings (SSSR count). The number of aryl methyl sites for hydroxylation is 2. The van der Waals surface area contributed by atoms with E-state index in [0.29, 0.717) is 18.6 Å². The first-order chi connectivity index (χ1) is 8.52. The van der Waals surface area contributed by atoms with Crippen molar-refractivity contribution in [2.45, 2.75) is 26.7 Å². The van der Waals surface area contributed by atoms with Crippen molar-refractivity contribution in [3.05, 3.63) is 17.0 Å². The summed E-state index contributed by atoms with van der Waals surface area (Å²) in [6.45, 7) is 3.78. The van der Waals surface area contributed by atoms with Crippen molar-refractivity contribution in [1.29, 1.82) is 0 Å². The van der Waals surface area contributed by atoms with Crippen LogP contribution in [0.1, 0.15) is 23.4 Å². The van der Waals surface area contributed by atoms with Gasteiger partial charge in [-0.15, -0.1) is 5.10 Å². The summed E-state index contributed by atoms with van der Waals surface area (Å²) in [6.07, 6.45) is 0.878. The number of fused-ring (bicyclic) bond motifs is 1. The zero-order chi connectivity index (χ0) is 13.3. The summed E-state index contributed by atoms with van der Waals surface area (Å²) >= 11 is 0. The van der Waals surface area contributed by atoms with E-state index in [1.54, 1.807) is 4.52 Å². The molecule has 7 heteroatoms. The highest BCUT2D eigenvalue weighted by Crippen LogP contribution is 2.16. The summed E-state index contributed by atoms with van der Waals surface area (Å²) in [5.74, 6) is 0.423. The predicted molar refractivity (Wildman–Crippen MR) is 65.0 cm³/mol. The number of carbonyl (C=O) groups is 1. The molecule has 2 aromatic rings. The number of hydrogen-bond acceptors (Lipinski definition) is 6. The van der Waals surface area contributed by atoms with Gasteiger partial charge >= 0.3 is 5.97 Å². The standard InChI is InChI=1S/C11H15N5O2/c1-6-8(4-5-9(17)18-3)7(2)16-11(13-6)14-10(12)15-16/h4-5H2,1-3H3,(H2,12,15). The first-order valence-corrected chi connectivity index (χ1v) is 5.58. The first-order valence-electron chi connectivity index (χ1n) is 5.58. The SMILES string of the molecule is COC(=O)CCc1c(C)nc2nc(N)nn2c1C. The Morgan fingerprint density at radius 2 is 2.11 bits per heavy atom. The lowest BCUT2D eigenvalue weighted by Crippen LogP contribution is -2.09. The van der Waals surface area contributed by atoms with Crippen LogP contribution < -0.4 is 5.73 Å². The second kappa shape index (κ2) is 4.59. The normalized spacial score (nSPS) is 10.8. The van der Waals surface area contributed by atoms with Crippen molar-refractivity contribution in [1.82, 2.24) is 19.6 Å². The minimum Gasteiger partial charge on any atom is -0.469 e. The van der Waals surface area contributed by atoms with Gasteiger partial charge in [0.25, 0.3) is 5.78 Å². The molecule has 0 amide bonds. The third-order valence-corrected chi connectivity index (χ3v) is 2.87. The maximum absolute atomic E-state index is 11.2. The molecule has 96 valence electrons. The van der Waals surface area contributed by atoms with Crippen LogP contribution in [0.3, 0.4) is 0 Å². The number of methoxy groups -OCH3 is 1. The molecule has 0 bridgehead atoms. The third-order valence-electron chi connectivity index (χ3n) is 2.87. The van der Waals surface area contributed by atoms with Crippen LogP contribution in [0.2, 0.25) is 0 Å². The van der Waals surface area contributed by atoms with E-state index in [4.69, 9.17) is 5.73 Å². The molecule has 0 fully saturated rings. The van der Waals surface area contributed by atoms with E-state index < -0.39 is 0 Å². The highest BCUT2D eigenvalue weighted by Gasteiger charge is 2.13. The smallest absolute Gasteiger partial charge is 0.305 e. The number of rotatable bonds is 3. The van der Waals surface area contributed by atoms with Crippen molar-refractivity contribution in [3.63, 3.8) is 0 Å². The fourth-order valence-corrected chi connectivity index (χ4v) is 1.91. The zero-order valence-corrected chi connectivity index (χ0v) is 10.6. The number of carbonyl (C=O) groups excluding carboxylic acids is 1. The van der Waals surface area contributed by atoms with E-state index in [2.05, 4.69) is 19.8 Å². The second-order valence-electron chi connectivity index (χ2n) is 4.02. The Morgan fingerprint density at radius 1 is 1.39 bits per heavy atom. The lowest BCUT2D eigenvalue weighted by molar-refractivity contribution is -0.140. The molecule has 0 aliphatic carbocycles. The van der Waals surface area contributed by atoms with Crippen molar-refractivity contribution in [3.8, 4) is 0 Å². The summed E-state index contributed by atoms with van der Waals surface area (Å²) in [5, 5.41) is 4.07. The van der Waals surface area contributed by atoms with Crippen LogP contribution in [0, 0.1) is 13.8 Å². The van der Waals surface area contributed by atoms with Gasteiger partial charge in [0.2, 0.25) is 5.95 Å². The number of ether oxygens (including phenoxy) is 1. The van der Waals surface area contributed by atoms with Gasteiger partial charge < -0.3 is 10.5 Å². The van der Waals surface area contributed by atoms with Crippen LogP contribution in [-0.2, 0) is 16.0 Å². The molecule has 2 N–H and O–H groups in total. The van der Waals surface area contributed by atoms with Crippen molar-refractivity contribution in [2.24, 2.45) is 0 Å². The predicted octanol–water partition coefficient (Wildman–Crippen LogP) is 0.429. The minimum absolute atomic E-state index is 0.190. The summed E-state index contributed by atoms with van der Waals surface area (Å²) in [4.78, 5) is 19.5. The fourth-order valence-electron chi connectivity index (χ4n) is 1.91. The maximum Gasteiger partial charge on any atom is 0.305 e. The average molecular weight is 249 g/mol. The molecule has 0 aliphatic heterocycles. The molecular formula is C11H15N5O2. The van der Waals surface area contributed by atoms with Gasteiger partial charge in [-0.3, -0.25) is 4.79 Å². The maximum atomic E-state index is 11.2. The highest BCUT2D eigenvalue weighted by atomic mass is 16.5. The van der Waals surface area contributed by atoms with Crippen LogP contribution in [0.25, 0.3) is 5.78 Å². The van der Waals surface area contributed by atoms with Crippen LogP contribution in [0.5, 0.6) is 0 Å². The Labute approximate surface area is 104 Å². The molecule has 0 aromatic carbocycles. The Balaban J connectivity index is 2.40. The Morgan fingerprint density at radius 3 is 2.78 bits per heavy atom. The second-order valence-corrected chi connectivity index (χ2v) is 4.02. The van der Waals surface area contributed by atoms with Crippen LogP contribution >= 0.6 is 0 Å². The number of hydrogen-bond donors (Lipinski definition) is 1. The number of nitrogens with two attached hydrogens (primary N) is 1. The molecule has 0 saturated heterocycles. The first kappa shape index (κ1) is 12.3. The molecule has 0 atom stereocenters. The molecule has 0 unspecified atom stereocenters. The average Bonchev–Trinajstić information content (AvgIpc) is 2.69. The molecule has 2 aromatic heterocycles. The number of esters is 1. The highest BCUT2D eigenvalue weighted by molar-refractivity contribution is 5.69. The number of nitrogens with zero attached hydrogens (tertiary/aromatic N) is 4. The van der Waals surface area contributed by atoms with Gasteiger partial charge in [-0.25, -0.2) is 4.98 Å². The lowest BCUT2D eigenvalue weighted by atomic mass is 10.1. The van der Waals surface area contributed by atoms with Crippen LogP contribution in [0.4, 0.5) is 5.95 Å². The molecule has 2 heterocycles. The molecule has 0 spiro atoms. The number of anilines is 1. The van der Waals surface area contributed by atoms with Gasteiger partial charge in [0, 0.05) is 17.8 Å². The largest absolute Gasteiger partial charge is 0.469 e. The summed E-state index contributed by atoms with van der Waals surface area (Å²) < 4.78 is 6.22. The van der Waals surface area contributed by atoms with Gasteiger partial charge in [-0.05, 0) is 25.8 Å². The van der Waals surface area contributed by atoms with Gasteiger partial charge in [0.15, 0.2) is 0 Å². The molecule has 0 radical (unpaired) electrons. The Kier molecular flexibility index (Phi) is 3.14. The van der Waals surface area contributed by atoms with E-state index in [1.807, 2.05) is 13.8 Å². The lowest BCUT2D eigenvalue weighted by Gasteiger charge is -2.09. The third kappa shape index (κ3) is 2.11. The van der Waals surface area contributed by atoms with E-state index in [0.717, 1.165) is 17.0 Å². The molecule has 7 nitrogen and oxygen atoms in total. The number of aromatic nitrogens is 4. The van der Waals surface area contributed by atoms with E-state index >= 15 is 0 Å². The van der Waals surface area contributed by atoms with Gasteiger partial charge in [-0.2, -0.15) is 9.50 Å². The molecule has 18 heavy (non-hydrogen) atoms. The van der Waals surface area contributed by atoms with Crippen molar-refractivity contribution in [2.75, 3.05) is 12.8 Å². The van der Waals surface area contributed by atoms with Crippen LogP contribution in [-0.4, -0.2) is 32.7 Å². The number of nitrogen functional groups attached to an aromatic ring is 1. The summed E-state index contributed by atoms with van der Waals surface area (Å²) in [5.41, 5.74) is 8.24. The quantitative estimate of drug-likeness (QED) is 0.792. The Hall–Kier alpha value is -2.18. The van der Waals surface area contributed by atoms with E-state index in [9.17, 15) is 4.79 Å². The van der Waals surface area contributed by atoms with Gasteiger partial charge in [-0.1, -0.05) is 0 Å². The van der Waals surface area contributed by atoms with E-state index in [-0.39, 0.29) is 11.9 Å². The molecule has 0 aliphatic rings. The van der Waals surface area contributed by atoms with E-state index in [1.165, 1.54) is 7.11 Å². The summed E-state index contributed by atoms with van der Waals surface area (Å²) in [7, 11) is 1.38. The fraction of sp³-hybridized carbons (Fsp3) is 0.455. The van der Waals surface area contributed by atoms with Gasteiger partial charge in [0.1, 0.15) is 0 Å². The molecular weight excluding hydrogens is 234 g/mol. The molecule has 0 saturated carbocycles. The van der Waals surface area contributed by atoms with Gasteiger partial charge in [0.05, 0.1) is 7.11 Å². The topological polar surface area (TPSA) is 95.4 Å². The van der Waals surface area contributed by atoms with Crippen molar-refractivity contribution >= 4 is 17.7 Å². The monoisotopic (exact) mass is 249 g/mol. The zero-order valence-electron chi connectivity index (χ0n) is 10.6.